The summed E-state index contributed by atoms with van der Waals surface area (Å²) in [6, 6.07) is 15.6. The van der Waals surface area contributed by atoms with Crippen LogP contribution in [-0.2, 0) is 6.42 Å². The summed E-state index contributed by atoms with van der Waals surface area (Å²) >= 11 is 3.83. The lowest BCUT2D eigenvalue weighted by atomic mass is 9.92. The lowest BCUT2D eigenvalue weighted by Gasteiger charge is -2.16. The molecule has 0 amide bonds. The highest BCUT2D eigenvalue weighted by molar-refractivity contribution is 9.09. The number of benzene rings is 3. The lowest BCUT2D eigenvalue weighted by Crippen LogP contribution is -1.99. The molecule has 25 heavy (non-hydrogen) atoms. The third-order valence-electron chi connectivity index (χ3n) is 5.67. The lowest BCUT2D eigenvalue weighted by molar-refractivity contribution is 0.968. The van der Waals surface area contributed by atoms with Gasteiger partial charge in [0.1, 0.15) is 0 Å². The minimum absolute atomic E-state index is 0.0645. The highest BCUT2D eigenvalue weighted by Gasteiger charge is 2.26. The molecule has 0 radical (unpaired) electrons. The second kappa shape index (κ2) is 4.36. The Morgan fingerprint density at radius 3 is 1.96 bits per heavy atom. The minimum Gasteiger partial charge on any atom is -0.289 e. The van der Waals surface area contributed by atoms with Crippen molar-refractivity contribution in [1.82, 2.24) is 0 Å². The first-order valence-corrected chi connectivity index (χ1v) is 9.24. The SMILES string of the molecule is O=c1c2cccc3c2c2c1ccc1c(=O)c4cccc(c4c12)C(Br)C3. The molecule has 1 atom stereocenters. The number of rotatable bonds is 0. The van der Waals surface area contributed by atoms with E-state index in [1.807, 2.05) is 36.4 Å². The summed E-state index contributed by atoms with van der Waals surface area (Å²) in [6.45, 7) is 0. The van der Waals surface area contributed by atoms with Crippen molar-refractivity contribution in [2.24, 2.45) is 0 Å². The first-order valence-electron chi connectivity index (χ1n) is 8.33. The van der Waals surface area contributed by atoms with Crippen LogP contribution in [0.3, 0.4) is 0 Å². The quantitative estimate of drug-likeness (QED) is 0.355. The van der Waals surface area contributed by atoms with Crippen molar-refractivity contribution in [3.05, 3.63) is 80.1 Å². The van der Waals surface area contributed by atoms with Crippen molar-refractivity contribution in [2.45, 2.75) is 11.2 Å². The van der Waals surface area contributed by atoms with Crippen LogP contribution in [0.2, 0.25) is 0 Å². The molecule has 0 aliphatic heterocycles. The number of alkyl halides is 1. The Kier molecular flexibility index (Phi) is 2.39. The summed E-state index contributed by atoms with van der Waals surface area (Å²) in [7, 11) is 0. The van der Waals surface area contributed by atoms with Crippen LogP contribution in [-0.4, -0.2) is 0 Å². The molecule has 5 aromatic rings. The van der Waals surface area contributed by atoms with Crippen molar-refractivity contribution in [3.63, 3.8) is 0 Å². The van der Waals surface area contributed by atoms with Gasteiger partial charge in [-0.3, -0.25) is 9.59 Å². The van der Waals surface area contributed by atoms with Gasteiger partial charge < -0.3 is 0 Å². The Bertz CT molecular complexity index is 1470. The van der Waals surface area contributed by atoms with E-state index in [9.17, 15) is 9.59 Å². The van der Waals surface area contributed by atoms with Crippen molar-refractivity contribution in [3.8, 4) is 0 Å². The summed E-state index contributed by atoms with van der Waals surface area (Å²) in [4.78, 5) is 26.0. The summed E-state index contributed by atoms with van der Waals surface area (Å²) in [5.41, 5.74) is 2.43. The van der Waals surface area contributed by atoms with Gasteiger partial charge in [0.05, 0.1) is 0 Å². The highest BCUT2D eigenvalue weighted by atomic mass is 79.9. The van der Waals surface area contributed by atoms with E-state index in [0.29, 0.717) is 0 Å². The van der Waals surface area contributed by atoms with E-state index >= 15 is 0 Å². The van der Waals surface area contributed by atoms with E-state index in [2.05, 4.69) is 28.1 Å². The van der Waals surface area contributed by atoms with Gasteiger partial charge in [-0.05, 0) is 40.5 Å². The van der Waals surface area contributed by atoms with Crippen molar-refractivity contribution in [1.29, 1.82) is 0 Å². The third kappa shape index (κ3) is 1.47. The van der Waals surface area contributed by atoms with Gasteiger partial charge in [0.25, 0.3) is 0 Å². The van der Waals surface area contributed by atoms with Crippen LogP contribution in [0.5, 0.6) is 0 Å². The first kappa shape index (κ1) is 13.7. The summed E-state index contributed by atoms with van der Waals surface area (Å²) < 4.78 is 0. The molecule has 1 unspecified atom stereocenters. The van der Waals surface area contributed by atoms with Gasteiger partial charge in [0.15, 0.2) is 10.9 Å². The van der Waals surface area contributed by atoms with E-state index in [1.165, 1.54) is 0 Å². The number of halogens is 1. The van der Waals surface area contributed by atoms with Gasteiger partial charge in [0, 0.05) is 37.1 Å². The fourth-order valence-corrected chi connectivity index (χ4v) is 5.38. The molecule has 0 saturated carbocycles. The summed E-state index contributed by atoms with van der Waals surface area (Å²) in [6.07, 6.45) is 0.796. The molecule has 0 bridgehead atoms. The van der Waals surface area contributed by atoms with Crippen molar-refractivity contribution in [2.75, 3.05) is 0 Å². The number of hydrogen-bond acceptors (Lipinski definition) is 2. The summed E-state index contributed by atoms with van der Waals surface area (Å²) in [5.74, 6) is 0. The van der Waals surface area contributed by atoms with Gasteiger partial charge >= 0.3 is 0 Å². The monoisotopic (exact) mass is 386 g/mol. The molecule has 6 rings (SSSR count). The molecule has 118 valence electrons. The molecule has 0 spiro atoms. The van der Waals surface area contributed by atoms with Gasteiger partial charge in [0.2, 0.25) is 0 Å². The van der Waals surface area contributed by atoms with Crippen LogP contribution in [0.1, 0.15) is 16.0 Å². The van der Waals surface area contributed by atoms with Gasteiger partial charge in [-0.1, -0.05) is 52.3 Å². The van der Waals surface area contributed by atoms with E-state index in [0.717, 1.165) is 60.6 Å². The second-order valence-electron chi connectivity index (χ2n) is 6.85. The zero-order valence-electron chi connectivity index (χ0n) is 13.1. The molecule has 1 aliphatic rings. The number of hydrogen-bond donors (Lipinski definition) is 0. The van der Waals surface area contributed by atoms with E-state index in [4.69, 9.17) is 0 Å². The van der Waals surface area contributed by atoms with Gasteiger partial charge in [-0.15, -0.1) is 0 Å². The van der Waals surface area contributed by atoms with Crippen molar-refractivity contribution >= 4 is 59.0 Å². The maximum Gasteiger partial charge on any atom is 0.194 e. The largest absolute Gasteiger partial charge is 0.289 e. The molecular weight excluding hydrogens is 376 g/mol. The highest BCUT2D eigenvalue weighted by Crippen LogP contribution is 2.44. The predicted molar refractivity (Wildman–Crippen MR) is 107 cm³/mol. The Morgan fingerprint density at radius 2 is 1.24 bits per heavy atom. The minimum atomic E-state index is 0.0645. The molecule has 3 heteroatoms. The Morgan fingerprint density at radius 1 is 0.680 bits per heavy atom. The topological polar surface area (TPSA) is 34.1 Å². The normalized spacial score (nSPS) is 16.8. The molecule has 0 aromatic heterocycles. The van der Waals surface area contributed by atoms with Crippen LogP contribution >= 0.6 is 15.9 Å². The fraction of sp³-hybridized carbons (Fsp3) is 0.0909. The maximum atomic E-state index is 13.0. The molecule has 0 heterocycles. The predicted octanol–water partition coefficient (Wildman–Crippen LogP) is 4.89. The molecule has 0 fully saturated rings. The van der Waals surface area contributed by atoms with E-state index in [-0.39, 0.29) is 15.7 Å². The van der Waals surface area contributed by atoms with Gasteiger partial charge in [-0.2, -0.15) is 0 Å². The Balaban J connectivity index is 2.14. The molecule has 0 N–H and O–H groups in total. The van der Waals surface area contributed by atoms with Crippen LogP contribution in [0.4, 0.5) is 0 Å². The molecule has 1 aliphatic carbocycles. The van der Waals surface area contributed by atoms with Crippen LogP contribution in [0.15, 0.2) is 58.1 Å². The van der Waals surface area contributed by atoms with Gasteiger partial charge in [-0.25, -0.2) is 0 Å². The molecule has 5 aromatic carbocycles. The summed E-state index contributed by atoms with van der Waals surface area (Å²) in [5, 5.41) is 6.92. The van der Waals surface area contributed by atoms with E-state index in [1.54, 1.807) is 0 Å². The maximum absolute atomic E-state index is 13.0. The Hall–Kier alpha value is -2.52. The second-order valence-corrected chi connectivity index (χ2v) is 7.96. The smallest absolute Gasteiger partial charge is 0.194 e. The average molecular weight is 387 g/mol. The zero-order valence-corrected chi connectivity index (χ0v) is 14.7. The molecule has 0 saturated heterocycles. The van der Waals surface area contributed by atoms with Crippen molar-refractivity contribution < 1.29 is 0 Å². The first-order chi connectivity index (χ1) is 12.2. The standard InChI is InChI=1S/C22H11BrO2/c23-16-9-10-3-1-5-12-17(10)19-14(21(12)24)7-8-15-20(19)18-11(16)4-2-6-13(18)22(15)25/h1-8,16H,9H2. The van der Waals surface area contributed by atoms with Crippen LogP contribution in [0.25, 0.3) is 43.1 Å². The average Bonchev–Trinajstić information content (AvgIpc) is 3.08. The fourth-order valence-electron chi connectivity index (χ4n) is 4.65. The van der Waals surface area contributed by atoms with Crippen LogP contribution in [0, 0.1) is 0 Å². The molecular formula is C22H11BrO2. The molecule has 2 nitrogen and oxygen atoms in total. The van der Waals surface area contributed by atoms with E-state index < -0.39 is 0 Å². The Labute approximate surface area is 150 Å². The third-order valence-corrected chi connectivity index (χ3v) is 6.48. The zero-order chi connectivity index (χ0) is 16.9. The van der Waals surface area contributed by atoms with Crippen LogP contribution < -0.4 is 10.9 Å².